The fourth-order valence-corrected chi connectivity index (χ4v) is 5.58. The molecule has 162 valence electrons. The number of rotatable bonds is 4. The lowest BCUT2D eigenvalue weighted by atomic mass is 10.00. The molecule has 0 unspecified atom stereocenters. The number of nitrogens with zero attached hydrogens (tertiary/aromatic N) is 3. The number of carboxylic acid groups (broad SMARTS) is 1. The minimum Gasteiger partial charge on any atom is -0.475 e. The molecule has 1 aromatic heterocycles. The fourth-order valence-electron chi connectivity index (χ4n) is 3.56. The van der Waals surface area contributed by atoms with Crippen LogP contribution < -0.4 is 5.32 Å². The molecular formula is C17H23F3N4O4S. The van der Waals surface area contributed by atoms with Crippen LogP contribution >= 0.6 is 0 Å². The molecule has 2 atom stereocenters. The molecule has 0 bridgehead atoms. The van der Waals surface area contributed by atoms with Gasteiger partial charge in [-0.1, -0.05) is 6.92 Å². The molecule has 2 aliphatic heterocycles. The van der Waals surface area contributed by atoms with Crippen molar-refractivity contribution in [2.24, 2.45) is 5.92 Å². The van der Waals surface area contributed by atoms with E-state index in [0.29, 0.717) is 12.5 Å². The number of sulfone groups is 1. The molecule has 0 amide bonds. The molecule has 0 radical (unpaired) electrons. The molecule has 2 N–H and O–H groups in total. The van der Waals surface area contributed by atoms with Gasteiger partial charge < -0.3 is 15.3 Å². The highest BCUT2D eigenvalue weighted by Crippen LogP contribution is 2.39. The van der Waals surface area contributed by atoms with Gasteiger partial charge in [0, 0.05) is 37.3 Å². The van der Waals surface area contributed by atoms with Crippen molar-refractivity contribution in [3.05, 3.63) is 17.5 Å². The first kappa shape index (κ1) is 21.8. The van der Waals surface area contributed by atoms with Crippen molar-refractivity contribution >= 4 is 21.8 Å². The Morgan fingerprint density at radius 2 is 2.00 bits per heavy atom. The molecule has 0 aromatic carbocycles. The number of likely N-dealkylation sites (tertiary alicyclic amines) is 1. The highest BCUT2D eigenvalue weighted by Gasteiger charge is 2.47. The zero-order valence-corrected chi connectivity index (χ0v) is 16.6. The van der Waals surface area contributed by atoms with E-state index in [1.807, 2.05) is 0 Å². The summed E-state index contributed by atoms with van der Waals surface area (Å²) in [6, 6.07) is 0. The summed E-state index contributed by atoms with van der Waals surface area (Å²) in [6.07, 6.45) is -0.807. The Morgan fingerprint density at radius 1 is 1.34 bits per heavy atom. The van der Waals surface area contributed by atoms with Crippen molar-refractivity contribution in [2.75, 3.05) is 31.5 Å². The number of aliphatic carboxylic acids is 1. The lowest BCUT2D eigenvalue weighted by Crippen LogP contribution is -2.35. The third kappa shape index (κ3) is 5.16. The molecule has 1 saturated heterocycles. The Bertz CT molecular complexity index is 874. The first-order valence-electron chi connectivity index (χ1n) is 9.35. The monoisotopic (exact) mass is 436 g/mol. The average Bonchev–Trinajstić information content (AvgIpc) is 3.35. The van der Waals surface area contributed by atoms with E-state index in [1.54, 1.807) is 6.20 Å². The standard InChI is InChI=1S/C15H22N4O2S.C2HF3O2/c1-2-19-7-12-13(8-19)22(20,21)9-11-6-17-15(18-14(11)12)16-5-10-3-4-10;3-2(4,5)1(6)7/h6,10,12-13H,2-5,7-9H2,1H3,(H,16,17,18);(H,6,7)/t12-,13+;/m0./s1. The van der Waals surface area contributed by atoms with Gasteiger partial charge in [0.05, 0.1) is 16.7 Å². The first-order valence-corrected chi connectivity index (χ1v) is 11.1. The van der Waals surface area contributed by atoms with Crippen LogP contribution in [0.2, 0.25) is 0 Å². The van der Waals surface area contributed by atoms with Gasteiger partial charge in [-0.2, -0.15) is 13.2 Å². The van der Waals surface area contributed by atoms with Crippen LogP contribution in [0.5, 0.6) is 0 Å². The second-order valence-electron chi connectivity index (χ2n) is 7.54. The molecule has 8 nitrogen and oxygen atoms in total. The van der Waals surface area contributed by atoms with Crippen LogP contribution in [0.3, 0.4) is 0 Å². The Hall–Kier alpha value is -1.95. The summed E-state index contributed by atoms with van der Waals surface area (Å²) >= 11 is 0. The van der Waals surface area contributed by atoms with Crippen LogP contribution in [-0.4, -0.2) is 72.0 Å². The number of hydrogen-bond donors (Lipinski definition) is 2. The first-order chi connectivity index (χ1) is 13.5. The predicted molar refractivity (Wildman–Crippen MR) is 98.2 cm³/mol. The van der Waals surface area contributed by atoms with Crippen LogP contribution in [0.1, 0.15) is 36.9 Å². The van der Waals surface area contributed by atoms with Crippen LogP contribution in [0.15, 0.2) is 6.20 Å². The smallest absolute Gasteiger partial charge is 0.475 e. The topological polar surface area (TPSA) is 112 Å². The minimum atomic E-state index is -5.08. The van der Waals surface area contributed by atoms with Crippen LogP contribution in [-0.2, 0) is 20.4 Å². The van der Waals surface area contributed by atoms with Gasteiger partial charge in [0.2, 0.25) is 5.95 Å². The summed E-state index contributed by atoms with van der Waals surface area (Å²) in [7, 11) is -3.09. The van der Waals surface area contributed by atoms with Crippen molar-refractivity contribution in [1.29, 1.82) is 0 Å². The number of nitrogens with one attached hydrogen (secondary N) is 1. The predicted octanol–water partition coefficient (Wildman–Crippen LogP) is 1.65. The molecule has 3 heterocycles. The highest BCUT2D eigenvalue weighted by molar-refractivity contribution is 7.91. The lowest BCUT2D eigenvalue weighted by Gasteiger charge is -2.26. The SMILES string of the molecule is CCN1C[C@@H]2c3nc(NCC4CC4)ncc3CS(=O)(=O)[C@@H]2C1.O=C(O)C(F)(F)F. The Labute approximate surface area is 166 Å². The van der Waals surface area contributed by atoms with Crippen molar-refractivity contribution in [2.45, 2.75) is 42.9 Å². The number of aromatic nitrogens is 2. The van der Waals surface area contributed by atoms with Gasteiger partial charge >= 0.3 is 12.1 Å². The molecule has 2 fully saturated rings. The molecule has 4 rings (SSSR count). The van der Waals surface area contributed by atoms with Crippen LogP contribution in [0.4, 0.5) is 19.1 Å². The number of carboxylic acids is 1. The maximum atomic E-state index is 12.5. The maximum absolute atomic E-state index is 12.5. The summed E-state index contributed by atoms with van der Waals surface area (Å²) in [4.78, 5) is 20.1. The number of carbonyl (C=O) groups is 1. The molecular weight excluding hydrogens is 413 g/mol. The maximum Gasteiger partial charge on any atom is 0.490 e. The lowest BCUT2D eigenvalue weighted by molar-refractivity contribution is -0.192. The van der Waals surface area contributed by atoms with E-state index in [0.717, 1.165) is 36.8 Å². The summed E-state index contributed by atoms with van der Waals surface area (Å²) in [5.41, 5.74) is 1.74. The fraction of sp³-hybridized carbons (Fsp3) is 0.706. The average molecular weight is 436 g/mol. The van der Waals surface area contributed by atoms with E-state index >= 15 is 0 Å². The largest absolute Gasteiger partial charge is 0.490 e. The number of fused-ring (bicyclic) bond motifs is 3. The number of anilines is 1. The van der Waals surface area contributed by atoms with Gasteiger partial charge in [-0.3, -0.25) is 0 Å². The van der Waals surface area contributed by atoms with Gasteiger partial charge in [-0.25, -0.2) is 23.2 Å². The zero-order valence-electron chi connectivity index (χ0n) is 15.8. The number of alkyl halides is 3. The van der Waals surface area contributed by atoms with E-state index in [1.165, 1.54) is 12.8 Å². The molecule has 1 saturated carbocycles. The van der Waals surface area contributed by atoms with Crippen LogP contribution in [0, 0.1) is 5.92 Å². The number of halogens is 3. The van der Waals surface area contributed by atoms with Crippen molar-refractivity contribution < 1.29 is 31.5 Å². The van der Waals surface area contributed by atoms with Crippen molar-refractivity contribution in [1.82, 2.24) is 14.9 Å². The number of hydrogen-bond acceptors (Lipinski definition) is 7. The minimum absolute atomic E-state index is 0.00169. The van der Waals surface area contributed by atoms with Crippen molar-refractivity contribution in [3.8, 4) is 0 Å². The molecule has 12 heteroatoms. The Morgan fingerprint density at radius 3 is 2.55 bits per heavy atom. The summed E-state index contributed by atoms with van der Waals surface area (Å²) in [5.74, 6) is -1.26. The van der Waals surface area contributed by atoms with E-state index in [9.17, 15) is 21.6 Å². The van der Waals surface area contributed by atoms with Crippen molar-refractivity contribution in [3.63, 3.8) is 0 Å². The summed E-state index contributed by atoms with van der Waals surface area (Å²) in [6.45, 7) is 5.31. The molecule has 1 aliphatic carbocycles. The molecule has 3 aliphatic rings. The van der Waals surface area contributed by atoms with Gasteiger partial charge in [0.1, 0.15) is 0 Å². The third-order valence-electron chi connectivity index (χ3n) is 5.34. The molecule has 1 aromatic rings. The second-order valence-corrected chi connectivity index (χ2v) is 9.76. The van der Waals surface area contributed by atoms with E-state index in [-0.39, 0.29) is 16.9 Å². The Kier molecular flexibility index (Phi) is 6.04. The van der Waals surface area contributed by atoms with Gasteiger partial charge in [0.25, 0.3) is 0 Å². The number of likely N-dealkylation sites (N-methyl/N-ethyl adjacent to an activating group) is 1. The third-order valence-corrected chi connectivity index (χ3v) is 7.46. The van der Waals surface area contributed by atoms with Gasteiger partial charge in [-0.05, 0) is 25.3 Å². The zero-order chi connectivity index (χ0) is 21.4. The van der Waals surface area contributed by atoms with Gasteiger partial charge in [0.15, 0.2) is 9.84 Å². The summed E-state index contributed by atoms with van der Waals surface area (Å²) < 4.78 is 56.7. The Balaban J connectivity index is 0.000000298. The van der Waals surface area contributed by atoms with Gasteiger partial charge in [-0.15, -0.1) is 0 Å². The molecule has 29 heavy (non-hydrogen) atoms. The second kappa shape index (κ2) is 8.05. The van der Waals surface area contributed by atoms with E-state index in [2.05, 4.69) is 27.1 Å². The normalized spacial score (nSPS) is 25.4. The molecule has 0 spiro atoms. The van der Waals surface area contributed by atoms with E-state index in [4.69, 9.17) is 9.90 Å². The summed E-state index contributed by atoms with van der Waals surface area (Å²) in [5, 5.41) is 10.1. The van der Waals surface area contributed by atoms with Crippen LogP contribution in [0.25, 0.3) is 0 Å². The quantitative estimate of drug-likeness (QED) is 0.733. The highest BCUT2D eigenvalue weighted by atomic mass is 32.2. The van der Waals surface area contributed by atoms with E-state index < -0.39 is 22.0 Å².